The first-order valence-corrected chi connectivity index (χ1v) is 13.2. The highest BCUT2D eigenvalue weighted by Gasteiger charge is 2.71. The number of ether oxygens (including phenoxy) is 3. The van der Waals surface area contributed by atoms with Crippen molar-refractivity contribution in [3.63, 3.8) is 0 Å². The number of nitrogens with one attached hydrogen (secondary N) is 1. The predicted octanol–water partition coefficient (Wildman–Crippen LogP) is 5.39. The van der Waals surface area contributed by atoms with Gasteiger partial charge in [-0.2, -0.15) is 26.3 Å². The lowest BCUT2D eigenvalue weighted by atomic mass is 9.90. The lowest BCUT2D eigenvalue weighted by molar-refractivity contribution is -0.376. The number of urea groups is 1. The van der Waals surface area contributed by atoms with E-state index in [-0.39, 0.29) is 30.9 Å². The molecule has 42 heavy (non-hydrogen) atoms. The van der Waals surface area contributed by atoms with Crippen LogP contribution in [0.4, 0.5) is 31.1 Å². The van der Waals surface area contributed by atoms with Crippen molar-refractivity contribution in [3.8, 4) is 17.2 Å². The number of unbranched alkanes of at least 4 members (excludes halogenated alkanes) is 1. The van der Waals surface area contributed by atoms with Crippen LogP contribution in [0.2, 0.25) is 0 Å². The fraction of sp³-hybridized carbons (Fsp3) is 0.536. The van der Waals surface area contributed by atoms with Crippen LogP contribution >= 0.6 is 0 Å². The number of alkyl halides is 6. The van der Waals surface area contributed by atoms with E-state index in [4.69, 9.17) is 14.2 Å². The number of aliphatic hydroxyl groups is 2. The Balaban J connectivity index is 1.65. The molecule has 1 aliphatic heterocycles. The molecule has 2 atom stereocenters. The smallest absolute Gasteiger partial charge is 0.430 e. The van der Waals surface area contributed by atoms with Gasteiger partial charge in [0.1, 0.15) is 11.3 Å². The van der Waals surface area contributed by atoms with Crippen LogP contribution in [-0.4, -0.2) is 67.1 Å². The van der Waals surface area contributed by atoms with Crippen LogP contribution in [0.3, 0.4) is 0 Å². The van der Waals surface area contributed by atoms with Crippen LogP contribution in [0.1, 0.15) is 49.8 Å². The minimum Gasteiger partial charge on any atom is -0.493 e. The summed E-state index contributed by atoms with van der Waals surface area (Å²) in [6, 6.07) is 6.71. The highest BCUT2D eigenvalue weighted by atomic mass is 19.4. The van der Waals surface area contributed by atoms with Crippen LogP contribution in [0.5, 0.6) is 17.2 Å². The number of rotatable bonds is 12. The number of carbonyl (C=O) groups excluding carboxylic acids is 1. The van der Waals surface area contributed by atoms with E-state index in [1.165, 1.54) is 19.1 Å². The topological polar surface area (TPSA) is 100 Å². The van der Waals surface area contributed by atoms with Crippen LogP contribution in [0.15, 0.2) is 36.4 Å². The summed E-state index contributed by atoms with van der Waals surface area (Å²) in [4.78, 5) is 13.9. The molecular weight excluding hydrogens is 574 g/mol. The molecule has 2 aromatic carbocycles. The molecule has 3 N–H and O–H groups in total. The van der Waals surface area contributed by atoms with Crippen LogP contribution in [-0.2, 0) is 17.6 Å². The Morgan fingerprint density at radius 1 is 0.952 bits per heavy atom. The second-order valence-electron chi connectivity index (χ2n) is 10.1. The highest BCUT2D eigenvalue weighted by molar-refractivity contribution is 5.79. The largest absolute Gasteiger partial charge is 0.493 e. The van der Waals surface area contributed by atoms with Gasteiger partial charge in [0.2, 0.25) is 0 Å². The minimum atomic E-state index is -5.99. The van der Waals surface area contributed by atoms with Gasteiger partial charge in [-0.05, 0) is 61.6 Å². The van der Waals surface area contributed by atoms with E-state index < -0.39 is 41.3 Å². The zero-order valence-electron chi connectivity index (χ0n) is 23.5. The third kappa shape index (κ3) is 6.19. The average Bonchev–Trinajstić information content (AvgIpc) is 3.14. The van der Waals surface area contributed by atoms with Gasteiger partial charge in [0, 0.05) is 12.1 Å². The molecule has 1 heterocycles. The molecule has 234 valence electrons. The van der Waals surface area contributed by atoms with E-state index in [2.05, 4.69) is 5.32 Å². The van der Waals surface area contributed by atoms with Gasteiger partial charge < -0.3 is 29.7 Å². The molecule has 2 unspecified atom stereocenters. The first-order valence-electron chi connectivity index (χ1n) is 13.2. The van der Waals surface area contributed by atoms with E-state index in [0.717, 1.165) is 6.07 Å². The molecular formula is C28H34F6N2O6. The summed E-state index contributed by atoms with van der Waals surface area (Å²) >= 11 is 0. The summed E-state index contributed by atoms with van der Waals surface area (Å²) in [5, 5.41) is 23.5. The van der Waals surface area contributed by atoms with Crippen molar-refractivity contribution in [3.05, 3.63) is 53.1 Å². The van der Waals surface area contributed by atoms with Gasteiger partial charge in [-0.15, -0.1) is 0 Å². The van der Waals surface area contributed by atoms with Crippen LogP contribution < -0.4 is 19.5 Å². The van der Waals surface area contributed by atoms with E-state index in [9.17, 15) is 41.4 Å². The molecule has 2 amide bonds. The molecule has 0 radical (unpaired) electrons. The Kier molecular flexibility index (Phi) is 9.82. The quantitative estimate of drug-likeness (QED) is 0.221. The molecule has 0 spiro atoms. The number of carbonyl (C=O) groups is 1. The maximum absolute atomic E-state index is 13.3. The lowest BCUT2D eigenvalue weighted by Gasteiger charge is -2.33. The summed E-state index contributed by atoms with van der Waals surface area (Å²) in [5.74, 6) is 0.992. The molecule has 0 aliphatic carbocycles. The van der Waals surface area contributed by atoms with E-state index in [1.807, 2.05) is 0 Å². The number of halogens is 6. The van der Waals surface area contributed by atoms with Crippen molar-refractivity contribution < 1.29 is 55.6 Å². The molecule has 1 saturated heterocycles. The monoisotopic (exact) mass is 608 g/mol. The molecule has 3 rings (SSSR count). The zero-order chi connectivity index (χ0) is 31.5. The first kappa shape index (κ1) is 33.1. The van der Waals surface area contributed by atoms with Crippen molar-refractivity contribution in [1.82, 2.24) is 10.2 Å². The molecule has 8 nitrogen and oxygen atoms in total. The molecule has 0 saturated carbocycles. The Labute approximate surface area is 239 Å². The fourth-order valence-corrected chi connectivity index (χ4v) is 4.85. The van der Waals surface area contributed by atoms with Crippen molar-refractivity contribution in [2.24, 2.45) is 0 Å². The van der Waals surface area contributed by atoms with Gasteiger partial charge in [-0.1, -0.05) is 25.5 Å². The maximum Gasteiger partial charge on any atom is 0.430 e. The van der Waals surface area contributed by atoms with E-state index in [1.54, 1.807) is 32.0 Å². The number of hydrogen-bond donors (Lipinski definition) is 3. The third-order valence-electron chi connectivity index (χ3n) is 7.29. The number of hydrogen-bond acceptors (Lipinski definition) is 6. The minimum absolute atomic E-state index is 0.0391. The SMILES string of the molecule is CCCc1cc(C(O)(C(F)(F)F)C(F)(F)F)ccc1OCCCCN1C(=O)NC(C)(c2ccc(OC)c(OC)c2)C1O. The Morgan fingerprint density at radius 3 is 2.14 bits per heavy atom. The number of amides is 2. The molecule has 1 aliphatic rings. The Bertz CT molecular complexity index is 1240. The van der Waals surface area contributed by atoms with Gasteiger partial charge in [0.15, 0.2) is 17.7 Å². The van der Waals surface area contributed by atoms with Crippen molar-refractivity contribution >= 4 is 6.03 Å². The standard InChI is InChI=1S/C28H34F6N2O6/c1-5-8-17-15-19(26(39,27(29,30)31)28(32,33)34)10-11-20(17)42-14-7-6-13-36-23(37)25(2,35-24(36)38)18-9-12-21(40-3)22(16-18)41-4/h9-12,15-16,23,37,39H,5-8,13-14H2,1-4H3,(H,35,38). The molecule has 0 bridgehead atoms. The Hall–Kier alpha value is -3.39. The third-order valence-corrected chi connectivity index (χ3v) is 7.29. The van der Waals surface area contributed by atoms with Gasteiger partial charge in [0.25, 0.3) is 5.60 Å². The van der Waals surface area contributed by atoms with Gasteiger partial charge in [-0.25, -0.2) is 4.79 Å². The van der Waals surface area contributed by atoms with Gasteiger partial charge in [0.05, 0.1) is 20.8 Å². The second-order valence-corrected chi connectivity index (χ2v) is 10.1. The molecule has 0 aromatic heterocycles. The maximum atomic E-state index is 13.3. The van der Waals surface area contributed by atoms with E-state index in [0.29, 0.717) is 48.5 Å². The van der Waals surface area contributed by atoms with Crippen molar-refractivity contribution in [2.75, 3.05) is 27.4 Å². The number of aryl methyl sites for hydroxylation is 1. The summed E-state index contributed by atoms with van der Waals surface area (Å²) in [6.45, 7) is 3.54. The lowest BCUT2D eigenvalue weighted by Crippen LogP contribution is -2.53. The second kappa shape index (κ2) is 12.5. The van der Waals surface area contributed by atoms with Crippen molar-refractivity contribution in [1.29, 1.82) is 0 Å². The predicted molar refractivity (Wildman–Crippen MR) is 139 cm³/mol. The highest BCUT2D eigenvalue weighted by Crippen LogP contribution is 2.50. The summed E-state index contributed by atoms with van der Waals surface area (Å²) in [6.07, 6.45) is -12.0. The van der Waals surface area contributed by atoms with Gasteiger partial charge in [-0.3, -0.25) is 4.90 Å². The zero-order valence-corrected chi connectivity index (χ0v) is 23.5. The summed E-state index contributed by atoms with van der Waals surface area (Å²) in [5.41, 5.74) is -6.85. The number of methoxy groups -OCH3 is 2. The molecule has 1 fully saturated rings. The number of benzene rings is 2. The summed E-state index contributed by atoms with van der Waals surface area (Å²) in [7, 11) is 2.95. The van der Waals surface area contributed by atoms with Crippen LogP contribution in [0, 0.1) is 0 Å². The normalized spacial score (nSPS) is 19.6. The Morgan fingerprint density at radius 2 is 1.57 bits per heavy atom. The first-order chi connectivity index (χ1) is 19.5. The number of aliphatic hydroxyl groups excluding tert-OH is 1. The van der Waals surface area contributed by atoms with Gasteiger partial charge >= 0.3 is 18.4 Å². The number of nitrogens with zero attached hydrogens (tertiary/aromatic N) is 1. The fourth-order valence-electron chi connectivity index (χ4n) is 4.85. The van der Waals surface area contributed by atoms with Crippen molar-refractivity contribution in [2.45, 2.75) is 69.3 Å². The average molecular weight is 609 g/mol. The molecule has 2 aromatic rings. The van der Waals surface area contributed by atoms with E-state index >= 15 is 0 Å². The van der Waals surface area contributed by atoms with Crippen LogP contribution in [0.25, 0.3) is 0 Å². The summed E-state index contributed by atoms with van der Waals surface area (Å²) < 4.78 is 96.1. The molecule has 14 heteroatoms.